The van der Waals surface area contributed by atoms with E-state index in [1.165, 1.54) is 23.2 Å². The fourth-order valence-electron chi connectivity index (χ4n) is 5.43. The van der Waals surface area contributed by atoms with Crippen molar-refractivity contribution in [1.82, 2.24) is 19.4 Å². The van der Waals surface area contributed by atoms with Gasteiger partial charge in [0.2, 0.25) is 15.9 Å². The molecular weight excluding hydrogens is 556 g/mol. The van der Waals surface area contributed by atoms with Crippen LogP contribution in [-0.2, 0) is 34.5 Å². The van der Waals surface area contributed by atoms with E-state index in [0.717, 1.165) is 31.6 Å². The van der Waals surface area contributed by atoms with Crippen LogP contribution in [0.1, 0.15) is 51.7 Å². The van der Waals surface area contributed by atoms with Gasteiger partial charge in [0.15, 0.2) is 0 Å². The third kappa shape index (κ3) is 7.39. The lowest BCUT2D eigenvalue weighted by Crippen LogP contribution is -2.35. The van der Waals surface area contributed by atoms with Gasteiger partial charge in [0.05, 0.1) is 24.1 Å². The quantitative estimate of drug-likeness (QED) is 0.359. The number of methoxy groups -OCH3 is 1. The highest BCUT2D eigenvalue weighted by Gasteiger charge is 2.27. The van der Waals surface area contributed by atoms with Crippen molar-refractivity contribution in [3.05, 3.63) is 82.3 Å². The predicted molar refractivity (Wildman–Crippen MR) is 160 cm³/mol. The molecule has 1 aromatic heterocycles. The second-order valence-electron chi connectivity index (χ2n) is 11.1. The molecule has 2 aromatic carbocycles. The van der Waals surface area contributed by atoms with Gasteiger partial charge in [0, 0.05) is 53.2 Å². The SMILES string of the molecule is COc1cc(C)c(S(=O)(=O)N(C)Cc2cc(C(=O)N(C)Cc3ccc(CN4CCC(NC(C)=O)C4)cc3)co2)c(C)c1. The summed E-state index contributed by atoms with van der Waals surface area (Å²) >= 11 is 0. The first-order valence-corrected chi connectivity index (χ1v) is 15.3. The number of hydrogen-bond acceptors (Lipinski definition) is 7. The molecule has 0 radical (unpaired) electrons. The molecule has 1 fully saturated rings. The summed E-state index contributed by atoms with van der Waals surface area (Å²) in [7, 11) is 0.947. The van der Waals surface area contributed by atoms with Crippen LogP contribution in [0.3, 0.4) is 0 Å². The second kappa shape index (κ2) is 13.1. The van der Waals surface area contributed by atoms with Gasteiger partial charge in [0.25, 0.3) is 5.91 Å². The fourth-order valence-corrected chi connectivity index (χ4v) is 6.97. The van der Waals surface area contributed by atoms with Crippen LogP contribution in [0.5, 0.6) is 5.75 Å². The first kappa shape index (κ1) is 31.3. The largest absolute Gasteiger partial charge is 0.497 e. The number of furan rings is 1. The number of benzene rings is 2. The Morgan fingerprint density at radius 1 is 1.05 bits per heavy atom. The van der Waals surface area contributed by atoms with Gasteiger partial charge in [-0.05, 0) is 60.7 Å². The number of nitrogens with one attached hydrogen (secondary N) is 1. The van der Waals surface area contributed by atoms with E-state index in [-0.39, 0.29) is 29.3 Å². The smallest absolute Gasteiger partial charge is 0.257 e. The van der Waals surface area contributed by atoms with Gasteiger partial charge in [-0.2, -0.15) is 4.31 Å². The molecule has 1 saturated heterocycles. The summed E-state index contributed by atoms with van der Waals surface area (Å²) in [5, 5.41) is 2.99. The maximum Gasteiger partial charge on any atom is 0.257 e. The van der Waals surface area contributed by atoms with Crippen LogP contribution in [0.4, 0.5) is 0 Å². The zero-order valence-corrected chi connectivity index (χ0v) is 26.0. The number of hydrogen-bond donors (Lipinski definition) is 1. The average molecular weight is 597 g/mol. The Labute approximate surface area is 248 Å². The minimum atomic E-state index is -3.81. The standard InChI is InChI=1S/C31H40N4O6S/c1-21-13-28(40-6)14-22(2)30(21)42(38,39)34(5)19-29-15-26(20-41-29)31(37)33(4)16-24-7-9-25(10-8-24)17-35-12-11-27(18-35)32-23(3)36/h7-10,13-15,20,27H,11-12,16-19H2,1-6H3,(H,32,36). The number of carbonyl (C=O) groups excluding carboxylic acids is 2. The molecule has 0 spiro atoms. The second-order valence-corrected chi connectivity index (χ2v) is 13.0. The van der Waals surface area contributed by atoms with Crippen molar-refractivity contribution in [2.75, 3.05) is 34.3 Å². The summed E-state index contributed by atoms with van der Waals surface area (Å²) in [5.41, 5.74) is 3.71. The summed E-state index contributed by atoms with van der Waals surface area (Å²) in [6.45, 7) is 8.01. The molecule has 4 rings (SSSR count). The number of ether oxygens (including phenoxy) is 1. The summed E-state index contributed by atoms with van der Waals surface area (Å²) in [4.78, 5) is 28.6. The molecule has 1 aliphatic heterocycles. The van der Waals surface area contributed by atoms with Crippen molar-refractivity contribution in [2.45, 2.75) is 57.8 Å². The lowest BCUT2D eigenvalue weighted by atomic mass is 10.1. The van der Waals surface area contributed by atoms with Crippen molar-refractivity contribution < 1.29 is 27.2 Å². The number of sulfonamides is 1. The van der Waals surface area contributed by atoms with Crippen molar-refractivity contribution in [3.8, 4) is 5.75 Å². The third-order valence-electron chi connectivity index (χ3n) is 7.49. The summed E-state index contributed by atoms with van der Waals surface area (Å²) in [6.07, 6.45) is 2.32. The van der Waals surface area contributed by atoms with E-state index < -0.39 is 10.0 Å². The number of likely N-dealkylation sites (tertiary alicyclic amines) is 1. The number of amides is 2. The summed E-state index contributed by atoms with van der Waals surface area (Å²) < 4.78 is 38.8. The Morgan fingerprint density at radius 2 is 1.69 bits per heavy atom. The first-order chi connectivity index (χ1) is 19.9. The Kier molecular flexibility index (Phi) is 9.75. The van der Waals surface area contributed by atoms with Crippen molar-refractivity contribution in [2.24, 2.45) is 0 Å². The van der Waals surface area contributed by atoms with Gasteiger partial charge in [-0.3, -0.25) is 14.5 Å². The summed E-state index contributed by atoms with van der Waals surface area (Å²) in [5.74, 6) is 0.753. The molecule has 2 heterocycles. The van der Waals surface area contributed by atoms with Crippen molar-refractivity contribution >= 4 is 21.8 Å². The Balaban J connectivity index is 1.33. The molecule has 226 valence electrons. The summed E-state index contributed by atoms with van der Waals surface area (Å²) in [6, 6.07) is 13.4. The highest BCUT2D eigenvalue weighted by atomic mass is 32.2. The van der Waals surface area contributed by atoms with Crippen molar-refractivity contribution in [3.63, 3.8) is 0 Å². The van der Waals surface area contributed by atoms with E-state index >= 15 is 0 Å². The van der Waals surface area contributed by atoms with Gasteiger partial charge in [-0.25, -0.2) is 8.42 Å². The molecule has 11 heteroatoms. The topological polar surface area (TPSA) is 112 Å². The molecule has 0 aliphatic carbocycles. The van der Waals surface area contributed by atoms with Crippen LogP contribution < -0.4 is 10.1 Å². The molecular formula is C31H40N4O6S. The molecule has 1 aliphatic rings. The molecule has 1 N–H and O–H groups in total. The molecule has 10 nitrogen and oxygen atoms in total. The molecule has 2 amide bonds. The maximum absolute atomic E-state index is 13.4. The number of nitrogens with zero attached hydrogens (tertiary/aromatic N) is 3. The van der Waals surface area contributed by atoms with E-state index in [1.807, 2.05) is 12.1 Å². The number of rotatable bonds is 11. The van der Waals surface area contributed by atoms with Crippen LogP contribution in [0, 0.1) is 13.8 Å². The van der Waals surface area contributed by atoms with Crippen LogP contribution in [-0.4, -0.2) is 74.7 Å². The van der Waals surface area contributed by atoms with Gasteiger partial charge in [-0.15, -0.1) is 0 Å². The molecule has 42 heavy (non-hydrogen) atoms. The van der Waals surface area contributed by atoms with E-state index in [4.69, 9.17) is 9.15 Å². The van der Waals surface area contributed by atoms with Crippen LogP contribution in [0.15, 0.2) is 58.0 Å². The third-order valence-corrected chi connectivity index (χ3v) is 9.60. The van der Waals surface area contributed by atoms with E-state index in [0.29, 0.717) is 34.7 Å². The molecule has 3 aromatic rings. The Bertz CT molecular complexity index is 1510. The van der Waals surface area contributed by atoms with Gasteiger partial charge in [-0.1, -0.05) is 24.3 Å². The van der Waals surface area contributed by atoms with Crippen LogP contribution >= 0.6 is 0 Å². The maximum atomic E-state index is 13.4. The molecule has 1 unspecified atom stereocenters. The lowest BCUT2D eigenvalue weighted by Gasteiger charge is -2.20. The van der Waals surface area contributed by atoms with Crippen LogP contribution in [0.2, 0.25) is 0 Å². The monoisotopic (exact) mass is 596 g/mol. The zero-order chi connectivity index (χ0) is 30.6. The van der Waals surface area contributed by atoms with Crippen molar-refractivity contribution in [1.29, 1.82) is 0 Å². The Hall–Kier alpha value is -3.67. The van der Waals surface area contributed by atoms with Gasteiger partial charge < -0.3 is 19.4 Å². The number of aryl methyl sites for hydroxylation is 2. The Morgan fingerprint density at radius 3 is 2.31 bits per heavy atom. The highest BCUT2D eigenvalue weighted by molar-refractivity contribution is 7.89. The zero-order valence-electron chi connectivity index (χ0n) is 25.1. The normalized spacial score (nSPS) is 15.6. The minimum Gasteiger partial charge on any atom is -0.497 e. The van der Waals surface area contributed by atoms with Gasteiger partial charge in [0.1, 0.15) is 17.8 Å². The fraction of sp³-hybridized carbons (Fsp3) is 0.419. The van der Waals surface area contributed by atoms with E-state index in [2.05, 4.69) is 22.3 Å². The van der Waals surface area contributed by atoms with Crippen LogP contribution in [0.25, 0.3) is 0 Å². The molecule has 1 atom stereocenters. The predicted octanol–water partition coefficient (Wildman–Crippen LogP) is 3.71. The molecule has 0 bridgehead atoms. The van der Waals surface area contributed by atoms with E-state index in [1.54, 1.807) is 58.0 Å². The highest BCUT2D eigenvalue weighted by Crippen LogP contribution is 2.28. The first-order valence-electron chi connectivity index (χ1n) is 13.9. The lowest BCUT2D eigenvalue weighted by molar-refractivity contribution is -0.119. The van der Waals surface area contributed by atoms with Gasteiger partial charge >= 0.3 is 0 Å². The molecule has 0 saturated carbocycles. The average Bonchev–Trinajstić information content (AvgIpc) is 3.57. The van der Waals surface area contributed by atoms with E-state index in [9.17, 15) is 18.0 Å². The number of carbonyl (C=O) groups is 2. The minimum absolute atomic E-state index is 0.00617.